The summed E-state index contributed by atoms with van der Waals surface area (Å²) in [5, 5.41) is 0. The standard InChI is InChI=1S/C11H19N3/c1-3-4-7-14(2)11-8-10(9-12)5-6-13-11/h5-6,8H,3-4,7,9,12H2,1-2H3. The first kappa shape index (κ1) is 11.0. The fraction of sp³-hybridized carbons (Fsp3) is 0.545. The maximum absolute atomic E-state index is 5.57. The monoisotopic (exact) mass is 193 g/mol. The van der Waals surface area contributed by atoms with Crippen LogP contribution in [0.15, 0.2) is 18.3 Å². The Kier molecular flexibility index (Phi) is 4.40. The van der Waals surface area contributed by atoms with Crippen molar-refractivity contribution >= 4 is 5.82 Å². The summed E-state index contributed by atoms with van der Waals surface area (Å²) in [6, 6.07) is 4.01. The van der Waals surface area contributed by atoms with Crippen LogP contribution < -0.4 is 10.6 Å². The van der Waals surface area contributed by atoms with Gasteiger partial charge < -0.3 is 10.6 Å². The van der Waals surface area contributed by atoms with E-state index in [9.17, 15) is 0 Å². The molecule has 0 amide bonds. The van der Waals surface area contributed by atoms with Gasteiger partial charge in [-0.2, -0.15) is 0 Å². The van der Waals surface area contributed by atoms with E-state index in [-0.39, 0.29) is 0 Å². The van der Waals surface area contributed by atoms with Crippen LogP contribution in [0.5, 0.6) is 0 Å². The molecule has 0 aromatic carbocycles. The number of unbranched alkanes of at least 4 members (excludes halogenated alkanes) is 1. The van der Waals surface area contributed by atoms with Gasteiger partial charge in [-0.15, -0.1) is 0 Å². The summed E-state index contributed by atoms with van der Waals surface area (Å²) >= 11 is 0. The lowest BCUT2D eigenvalue weighted by Crippen LogP contribution is -2.19. The zero-order chi connectivity index (χ0) is 10.4. The second-order valence-electron chi connectivity index (χ2n) is 3.50. The van der Waals surface area contributed by atoms with Gasteiger partial charge in [0.05, 0.1) is 0 Å². The van der Waals surface area contributed by atoms with Crippen molar-refractivity contribution in [2.75, 3.05) is 18.5 Å². The van der Waals surface area contributed by atoms with Gasteiger partial charge in [-0.05, 0) is 24.1 Å². The summed E-state index contributed by atoms with van der Waals surface area (Å²) in [5.74, 6) is 1.02. The van der Waals surface area contributed by atoms with Crippen molar-refractivity contribution in [1.29, 1.82) is 0 Å². The van der Waals surface area contributed by atoms with Gasteiger partial charge in [-0.3, -0.25) is 0 Å². The van der Waals surface area contributed by atoms with Crippen LogP contribution in [-0.2, 0) is 6.54 Å². The van der Waals surface area contributed by atoms with Crippen LogP contribution in [0.1, 0.15) is 25.3 Å². The molecule has 0 spiro atoms. The highest BCUT2D eigenvalue weighted by molar-refractivity contribution is 5.39. The van der Waals surface area contributed by atoms with E-state index < -0.39 is 0 Å². The van der Waals surface area contributed by atoms with Crippen molar-refractivity contribution in [3.05, 3.63) is 23.9 Å². The lowest BCUT2D eigenvalue weighted by molar-refractivity contribution is 0.759. The zero-order valence-corrected chi connectivity index (χ0v) is 9.03. The quantitative estimate of drug-likeness (QED) is 0.775. The van der Waals surface area contributed by atoms with Crippen molar-refractivity contribution in [2.24, 2.45) is 5.73 Å². The van der Waals surface area contributed by atoms with E-state index in [2.05, 4.69) is 29.9 Å². The van der Waals surface area contributed by atoms with Crippen LogP contribution in [0.3, 0.4) is 0 Å². The number of hydrogen-bond acceptors (Lipinski definition) is 3. The Morgan fingerprint density at radius 3 is 2.93 bits per heavy atom. The van der Waals surface area contributed by atoms with Gasteiger partial charge in [-0.25, -0.2) is 4.98 Å². The van der Waals surface area contributed by atoms with Crippen LogP contribution in [0, 0.1) is 0 Å². The van der Waals surface area contributed by atoms with Crippen LogP contribution in [0.2, 0.25) is 0 Å². The van der Waals surface area contributed by atoms with Gasteiger partial charge in [0.25, 0.3) is 0 Å². The lowest BCUT2D eigenvalue weighted by Gasteiger charge is -2.17. The summed E-state index contributed by atoms with van der Waals surface area (Å²) in [4.78, 5) is 6.48. The van der Waals surface area contributed by atoms with E-state index in [1.165, 1.54) is 12.8 Å². The number of rotatable bonds is 5. The molecule has 1 aromatic heterocycles. The summed E-state index contributed by atoms with van der Waals surface area (Å²) in [6.07, 6.45) is 4.23. The van der Waals surface area contributed by atoms with Crippen LogP contribution in [0.4, 0.5) is 5.82 Å². The number of hydrogen-bond donors (Lipinski definition) is 1. The number of nitrogens with two attached hydrogens (primary N) is 1. The highest BCUT2D eigenvalue weighted by Crippen LogP contribution is 2.11. The molecule has 0 bridgehead atoms. The zero-order valence-electron chi connectivity index (χ0n) is 9.03. The molecule has 0 saturated carbocycles. The molecule has 0 radical (unpaired) electrons. The minimum atomic E-state index is 0.580. The molecule has 0 unspecified atom stereocenters. The second-order valence-corrected chi connectivity index (χ2v) is 3.50. The third-order valence-corrected chi connectivity index (χ3v) is 2.28. The second kappa shape index (κ2) is 5.60. The Morgan fingerprint density at radius 2 is 2.29 bits per heavy atom. The predicted molar refractivity (Wildman–Crippen MR) is 60.3 cm³/mol. The van der Waals surface area contributed by atoms with Gasteiger partial charge in [0, 0.05) is 26.3 Å². The van der Waals surface area contributed by atoms with Crippen LogP contribution in [0.25, 0.3) is 0 Å². The van der Waals surface area contributed by atoms with E-state index in [1.807, 2.05) is 12.3 Å². The molecule has 3 nitrogen and oxygen atoms in total. The van der Waals surface area contributed by atoms with Crippen molar-refractivity contribution in [3.63, 3.8) is 0 Å². The van der Waals surface area contributed by atoms with Crippen LogP contribution in [-0.4, -0.2) is 18.6 Å². The van der Waals surface area contributed by atoms with E-state index >= 15 is 0 Å². The van der Waals surface area contributed by atoms with E-state index in [4.69, 9.17) is 5.73 Å². The van der Waals surface area contributed by atoms with Gasteiger partial charge in [0.15, 0.2) is 0 Å². The molecule has 0 aliphatic rings. The van der Waals surface area contributed by atoms with E-state index in [0.717, 1.165) is 17.9 Å². The molecular weight excluding hydrogens is 174 g/mol. The minimum Gasteiger partial charge on any atom is -0.360 e. The largest absolute Gasteiger partial charge is 0.360 e. The third kappa shape index (κ3) is 3.00. The molecule has 2 N–H and O–H groups in total. The minimum absolute atomic E-state index is 0.580. The molecule has 1 heterocycles. The number of pyridine rings is 1. The van der Waals surface area contributed by atoms with Crippen LogP contribution >= 0.6 is 0 Å². The van der Waals surface area contributed by atoms with E-state index in [1.54, 1.807) is 0 Å². The summed E-state index contributed by atoms with van der Waals surface area (Å²) in [5.41, 5.74) is 6.71. The molecule has 1 aromatic rings. The maximum Gasteiger partial charge on any atom is 0.128 e. The molecule has 1 rings (SSSR count). The van der Waals surface area contributed by atoms with E-state index in [0.29, 0.717) is 6.54 Å². The first-order chi connectivity index (χ1) is 6.77. The lowest BCUT2D eigenvalue weighted by atomic mass is 10.2. The molecule has 0 aliphatic heterocycles. The first-order valence-corrected chi connectivity index (χ1v) is 5.14. The smallest absolute Gasteiger partial charge is 0.128 e. The number of anilines is 1. The first-order valence-electron chi connectivity index (χ1n) is 5.14. The Balaban J connectivity index is 2.64. The Hall–Kier alpha value is -1.09. The number of aromatic nitrogens is 1. The summed E-state index contributed by atoms with van der Waals surface area (Å²) < 4.78 is 0. The van der Waals surface area contributed by atoms with Crippen molar-refractivity contribution < 1.29 is 0 Å². The normalized spacial score (nSPS) is 10.2. The Morgan fingerprint density at radius 1 is 1.50 bits per heavy atom. The average molecular weight is 193 g/mol. The molecule has 0 aliphatic carbocycles. The molecule has 78 valence electrons. The third-order valence-electron chi connectivity index (χ3n) is 2.28. The Labute approximate surface area is 85.9 Å². The molecule has 0 atom stereocenters. The average Bonchev–Trinajstić information content (AvgIpc) is 2.26. The molecular formula is C11H19N3. The highest BCUT2D eigenvalue weighted by atomic mass is 15.2. The van der Waals surface area contributed by atoms with Gasteiger partial charge in [0.2, 0.25) is 0 Å². The molecule has 0 fully saturated rings. The SMILES string of the molecule is CCCCN(C)c1cc(CN)ccn1. The fourth-order valence-corrected chi connectivity index (χ4v) is 1.31. The highest BCUT2D eigenvalue weighted by Gasteiger charge is 2.01. The predicted octanol–water partition coefficient (Wildman–Crippen LogP) is 1.78. The topological polar surface area (TPSA) is 42.1 Å². The van der Waals surface area contributed by atoms with Crippen molar-refractivity contribution in [2.45, 2.75) is 26.3 Å². The van der Waals surface area contributed by atoms with Crippen molar-refractivity contribution in [1.82, 2.24) is 4.98 Å². The molecule has 0 saturated heterocycles. The van der Waals surface area contributed by atoms with Gasteiger partial charge >= 0.3 is 0 Å². The van der Waals surface area contributed by atoms with Crippen molar-refractivity contribution in [3.8, 4) is 0 Å². The summed E-state index contributed by atoms with van der Waals surface area (Å²) in [7, 11) is 2.07. The summed E-state index contributed by atoms with van der Waals surface area (Å²) in [6.45, 7) is 3.83. The van der Waals surface area contributed by atoms with Gasteiger partial charge in [0.1, 0.15) is 5.82 Å². The molecule has 14 heavy (non-hydrogen) atoms. The maximum atomic E-state index is 5.57. The molecule has 3 heteroatoms. The fourth-order valence-electron chi connectivity index (χ4n) is 1.31. The number of nitrogens with zero attached hydrogens (tertiary/aromatic N) is 2. The Bertz CT molecular complexity index is 273. The van der Waals surface area contributed by atoms with Gasteiger partial charge in [-0.1, -0.05) is 13.3 Å².